The minimum absolute atomic E-state index is 0.0216. The molecule has 2 aliphatic carbocycles. The smallest absolute Gasteiger partial charge is 0.369 e. The maximum atomic E-state index is 15.0. The zero-order valence-electron chi connectivity index (χ0n) is 28.5. The van der Waals surface area contributed by atoms with E-state index >= 15 is 0 Å². The van der Waals surface area contributed by atoms with E-state index in [1.54, 1.807) is 35.3 Å². The monoisotopic (exact) mass is 754 g/mol. The minimum Gasteiger partial charge on any atom is -0.369 e. The number of rotatable bonds is 9. The fraction of sp³-hybridized carbons (Fsp3) is 0.400. The Hall–Kier alpha value is -5.37. The van der Waals surface area contributed by atoms with E-state index in [-0.39, 0.29) is 34.7 Å². The van der Waals surface area contributed by atoms with E-state index in [1.807, 2.05) is 20.8 Å². The Morgan fingerprint density at radius 1 is 1.09 bits per heavy atom. The number of amides is 2. The molecule has 4 aromatic rings. The first-order valence-electron chi connectivity index (χ1n) is 16.5. The van der Waals surface area contributed by atoms with Gasteiger partial charge in [-0.3, -0.25) is 14.5 Å². The standard InChI is InChI=1S/C35H32ClF5N10O2/c1-32(2,3)12-13-33(20-6-4-19(5-7-20)24-17-44-51(48-24)22-9-10-22)30(53)49(31(42)47-33)34(15-26(34)46-27(52)16-35(39,40)41)21-8-11-23(36)25(14-21)50-29(28(37)38)43-18-45-50/h4-8,11,14,17-18,22,26,28H,9-10,15-16H2,1-3H3,(H2,42,47)(H,46,52)/t26-,33+,34+/m0/s1. The molecule has 1 aliphatic heterocycles. The largest absolute Gasteiger partial charge is 0.397 e. The molecule has 2 saturated carbocycles. The summed E-state index contributed by atoms with van der Waals surface area (Å²) in [4.78, 5) is 38.7. The maximum absolute atomic E-state index is 15.0. The normalized spacial score (nSPS) is 22.8. The molecule has 3 heterocycles. The number of halogens is 6. The lowest BCUT2D eigenvalue weighted by Gasteiger charge is -2.32. The summed E-state index contributed by atoms with van der Waals surface area (Å²) in [6.45, 7) is 5.52. The Kier molecular flexibility index (Phi) is 8.59. The van der Waals surface area contributed by atoms with Crippen molar-refractivity contribution in [3.8, 4) is 28.8 Å². The zero-order chi connectivity index (χ0) is 38.1. The van der Waals surface area contributed by atoms with Gasteiger partial charge in [0, 0.05) is 23.0 Å². The van der Waals surface area contributed by atoms with Crippen molar-refractivity contribution in [3.63, 3.8) is 0 Å². The average Bonchev–Trinajstić information content (AvgIpc) is 3.87. The molecule has 3 aliphatic rings. The first-order chi connectivity index (χ1) is 24.9. The Morgan fingerprint density at radius 2 is 1.79 bits per heavy atom. The highest BCUT2D eigenvalue weighted by molar-refractivity contribution is 6.32. The third kappa shape index (κ3) is 6.71. The van der Waals surface area contributed by atoms with Crippen LogP contribution in [0.15, 0.2) is 60.0 Å². The molecule has 276 valence electrons. The molecule has 0 spiro atoms. The van der Waals surface area contributed by atoms with Crippen LogP contribution in [0.25, 0.3) is 16.9 Å². The second-order valence-electron chi connectivity index (χ2n) is 14.2. The molecule has 0 bridgehead atoms. The van der Waals surface area contributed by atoms with Crippen molar-refractivity contribution in [1.82, 2.24) is 40.0 Å². The number of nitrogens with two attached hydrogens (primary N) is 1. The fourth-order valence-corrected chi connectivity index (χ4v) is 6.58. The van der Waals surface area contributed by atoms with Crippen LogP contribution < -0.4 is 11.1 Å². The molecule has 2 aromatic heterocycles. The van der Waals surface area contributed by atoms with E-state index in [0.717, 1.165) is 34.3 Å². The van der Waals surface area contributed by atoms with E-state index in [4.69, 9.17) is 17.3 Å². The second-order valence-corrected chi connectivity index (χ2v) is 14.6. The predicted octanol–water partition coefficient (Wildman–Crippen LogP) is 5.59. The molecule has 7 rings (SSSR count). The summed E-state index contributed by atoms with van der Waals surface area (Å²) in [5.41, 5.74) is 4.25. The summed E-state index contributed by atoms with van der Waals surface area (Å²) < 4.78 is 68.3. The van der Waals surface area contributed by atoms with Crippen LogP contribution in [0.2, 0.25) is 5.02 Å². The van der Waals surface area contributed by atoms with Crippen LogP contribution in [0.4, 0.5) is 22.0 Å². The van der Waals surface area contributed by atoms with Crippen LogP contribution in [-0.4, -0.2) is 64.7 Å². The number of benzene rings is 2. The highest BCUT2D eigenvalue weighted by Gasteiger charge is 2.67. The van der Waals surface area contributed by atoms with Crippen molar-refractivity contribution < 1.29 is 31.5 Å². The van der Waals surface area contributed by atoms with Gasteiger partial charge in [-0.1, -0.05) is 53.8 Å². The van der Waals surface area contributed by atoms with Gasteiger partial charge < -0.3 is 11.1 Å². The number of nitrogens with zero attached hydrogens (tertiary/aromatic N) is 8. The van der Waals surface area contributed by atoms with Crippen LogP contribution in [-0.2, 0) is 20.7 Å². The number of hydrogen-bond acceptors (Lipinski definition) is 8. The van der Waals surface area contributed by atoms with Crippen LogP contribution in [0, 0.1) is 17.3 Å². The molecule has 3 N–H and O–H groups in total. The average molecular weight is 755 g/mol. The highest BCUT2D eigenvalue weighted by Crippen LogP contribution is 2.55. The summed E-state index contributed by atoms with van der Waals surface area (Å²) in [5.74, 6) is 3.00. The molecule has 0 saturated heterocycles. The molecule has 53 heavy (non-hydrogen) atoms. The van der Waals surface area contributed by atoms with Crippen LogP contribution in [0.3, 0.4) is 0 Å². The number of carbonyl (C=O) groups is 2. The summed E-state index contributed by atoms with van der Waals surface area (Å²) >= 11 is 6.45. The summed E-state index contributed by atoms with van der Waals surface area (Å²) in [5, 5.41) is 15.1. The van der Waals surface area contributed by atoms with Crippen LogP contribution in [0.1, 0.15) is 75.9 Å². The van der Waals surface area contributed by atoms with E-state index in [9.17, 15) is 31.5 Å². The molecular weight excluding hydrogens is 723 g/mol. The SMILES string of the molecule is CC(C)(C)C#C[C@]1(c2ccc(-c3cnn(C4CC4)n3)cc2)N=C(N)N([C@@]2(c3ccc(Cl)c(-n4ncnc4C(F)F)c3)C[C@@H]2NC(=O)CC(F)(F)F)C1=O. The molecular formula is C35H32ClF5N10O2. The summed E-state index contributed by atoms with van der Waals surface area (Å²) in [6.07, 6.45) is -5.18. The number of nitrogens with one attached hydrogen (secondary N) is 1. The highest BCUT2D eigenvalue weighted by atomic mass is 35.5. The Bertz CT molecular complexity index is 2200. The van der Waals surface area contributed by atoms with Gasteiger partial charge >= 0.3 is 6.18 Å². The van der Waals surface area contributed by atoms with Crippen molar-refractivity contribution in [2.75, 3.05) is 0 Å². The third-order valence-electron chi connectivity index (χ3n) is 9.09. The number of hydrogen-bond donors (Lipinski definition) is 2. The topological polar surface area (TPSA) is 149 Å². The number of carbonyl (C=O) groups excluding carboxylic acids is 2. The van der Waals surface area contributed by atoms with Gasteiger partial charge in [0.15, 0.2) is 5.82 Å². The first kappa shape index (κ1) is 36.0. The van der Waals surface area contributed by atoms with Gasteiger partial charge in [0.1, 0.15) is 18.4 Å². The number of alkyl halides is 5. The van der Waals surface area contributed by atoms with E-state index < -0.39 is 59.2 Å². The van der Waals surface area contributed by atoms with Crippen molar-refractivity contribution in [3.05, 3.63) is 77.0 Å². The van der Waals surface area contributed by atoms with Gasteiger partial charge in [-0.05, 0) is 51.3 Å². The van der Waals surface area contributed by atoms with Crippen molar-refractivity contribution in [1.29, 1.82) is 0 Å². The fourth-order valence-electron chi connectivity index (χ4n) is 6.39. The van der Waals surface area contributed by atoms with Gasteiger partial charge in [-0.2, -0.15) is 33.3 Å². The summed E-state index contributed by atoms with van der Waals surface area (Å²) in [6, 6.07) is 10.2. The lowest BCUT2D eigenvalue weighted by atomic mass is 9.86. The maximum Gasteiger partial charge on any atom is 0.397 e. The van der Waals surface area contributed by atoms with Crippen LogP contribution in [0.5, 0.6) is 0 Å². The van der Waals surface area contributed by atoms with E-state index in [0.29, 0.717) is 11.3 Å². The zero-order valence-corrected chi connectivity index (χ0v) is 29.3. The van der Waals surface area contributed by atoms with Gasteiger partial charge in [0.2, 0.25) is 17.4 Å². The Labute approximate surface area is 304 Å². The molecule has 0 radical (unpaired) electrons. The van der Waals surface area contributed by atoms with Crippen molar-refractivity contribution in [2.24, 2.45) is 16.1 Å². The minimum atomic E-state index is -4.81. The molecule has 2 amide bonds. The molecule has 3 atom stereocenters. The number of aromatic nitrogens is 6. The predicted molar refractivity (Wildman–Crippen MR) is 181 cm³/mol. The molecule has 2 aromatic carbocycles. The second kappa shape index (κ2) is 12.6. The van der Waals surface area contributed by atoms with Gasteiger partial charge in [0.25, 0.3) is 12.3 Å². The third-order valence-corrected chi connectivity index (χ3v) is 9.41. The quantitative estimate of drug-likeness (QED) is 0.167. The van der Waals surface area contributed by atoms with Crippen molar-refractivity contribution in [2.45, 2.75) is 82.2 Å². The molecule has 18 heteroatoms. The first-order valence-corrected chi connectivity index (χ1v) is 16.9. The molecule has 0 unspecified atom stereocenters. The summed E-state index contributed by atoms with van der Waals surface area (Å²) in [7, 11) is 0. The lowest BCUT2D eigenvalue weighted by molar-refractivity contribution is -0.154. The molecule has 2 fully saturated rings. The number of guanidine groups is 1. The van der Waals surface area contributed by atoms with Crippen LogP contribution >= 0.6 is 11.6 Å². The van der Waals surface area contributed by atoms with Gasteiger partial charge in [0.05, 0.1) is 34.5 Å². The molecule has 12 nitrogen and oxygen atoms in total. The van der Waals surface area contributed by atoms with Gasteiger partial charge in [-0.15, -0.1) is 0 Å². The number of aliphatic imine (C=N–C) groups is 1. The van der Waals surface area contributed by atoms with E-state index in [1.165, 1.54) is 18.2 Å². The van der Waals surface area contributed by atoms with Gasteiger partial charge in [-0.25, -0.2) is 23.4 Å². The Balaban J connectivity index is 1.33. The van der Waals surface area contributed by atoms with Crippen molar-refractivity contribution >= 4 is 29.4 Å². The van der Waals surface area contributed by atoms with E-state index in [2.05, 4.69) is 42.4 Å². The Morgan fingerprint density at radius 3 is 2.43 bits per heavy atom. The lowest BCUT2D eigenvalue weighted by Crippen LogP contribution is -2.52.